The van der Waals surface area contributed by atoms with E-state index in [1.165, 1.54) is 5.56 Å². The summed E-state index contributed by atoms with van der Waals surface area (Å²) in [5, 5.41) is 0. The fraction of sp³-hybridized carbons (Fsp3) is 0.333. The number of carbonyl (C=O) groups is 2. The molecule has 2 aromatic rings. The van der Waals surface area contributed by atoms with Gasteiger partial charge in [0.15, 0.2) is 6.61 Å². The molecule has 5 nitrogen and oxygen atoms in total. The van der Waals surface area contributed by atoms with E-state index in [0.717, 1.165) is 24.8 Å². The van der Waals surface area contributed by atoms with Crippen molar-refractivity contribution in [3.8, 4) is 5.75 Å². The summed E-state index contributed by atoms with van der Waals surface area (Å²) in [6.07, 6.45) is 3.17. The molecule has 2 N–H and O–H groups in total. The van der Waals surface area contributed by atoms with Gasteiger partial charge in [-0.05, 0) is 36.5 Å². The normalized spacial score (nSPS) is 16.9. The Bertz CT molecular complexity index is 761. The fourth-order valence-electron chi connectivity index (χ4n) is 3.35. The van der Waals surface area contributed by atoms with E-state index in [1.54, 1.807) is 4.90 Å². The number of benzene rings is 2. The van der Waals surface area contributed by atoms with Gasteiger partial charge in [-0.25, -0.2) is 0 Å². The van der Waals surface area contributed by atoms with Crippen molar-refractivity contribution in [2.45, 2.75) is 31.7 Å². The molecule has 0 bridgehead atoms. The third-order valence-corrected chi connectivity index (χ3v) is 4.71. The molecule has 2 amide bonds. The van der Waals surface area contributed by atoms with E-state index in [-0.39, 0.29) is 12.5 Å². The Balaban J connectivity index is 1.66. The molecule has 3 rings (SSSR count). The first kappa shape index (κ1) is 18.0. The minimum atomic E-state index is -0.514. The number of likely N-dealkylation sites (tertiary alicyclic amines) is 1. The van der Waals surface area contributed by atoms with Crippen molar-refractivity contribution in [1.29, 1.82) is 0 Å². The van der Waals surface area contributed by atoms with Crippen LogP contribution in [0.3, 0.4) is 0 Å². The number of para-hydroxylation sites is 1. The SMILES string of the molecule is NC(=O)[C@@H]1CCCCN1C(=O)COc1ccccc1Cc1ccccc1. The average Bonchev–Trinajstić information content (AvgIpc) is 2.68. The van der Waals surface area contributed by atoms with E-state index in [9.17, 15) is 9.59 Å². The largest absolute Gasteiger partial charge is 0.483 e. The molecule has 1 aliphatic rings. The smallest absolute Gasteiger partial charge is 0.261 e. The van der Waals surface area contributed by atoms with Crippen LogP contribution in [0.4, 0.5) is 0 Å². The molecule has 0 aromatic heterocycles. The monoisotopic (exact) mass is 352 g/mol. The highest BCUT2D eigenvalue weighted by Gasteiger charge is 2.30. The lowest BCUT2D eigenvalue weighted by molar-refractivity contribution is -0.142. The quantitative estimate of drug-likeness (QED) is 0.868. The lowest BCUT2D eigenvalue weighted by Gasteiger charge is -2.33. The Morgan fingerprint density at radius 1 is 1.04 bits per heavy atom. The maximum Gasteiger partial charge on any atom is 0.261 e. The van der Waals surface area contributed by atoms with Crippen LogP contribution < -0.4 is 10.5 Å². The van der Waals surface area contributed by atoms with E-state index in [1.807, 2.05) is 42.5 Å². The van der Waals surface area contributed by atoms with Crippen molar-refractivity contribution in [2.24, 2.45) is 5.73 Å². The highest BCUT2D eigenvalue weighted by Crippen LogP contribution is 2.22. The summed E-state index contributed by atoms with van der Waals surface area (Å²) >= 11 is 0. The fourth-order valence-corrected chi connectivity index (χ4v) is 3.35. The first-order chi connectivity index (χ1) is 12.6. The molecule has 26 heavy (non-hydrogen) atoms. The van der Waals surface area contributed by atoms with Crippen LogP contribution >= 0.6 is 0 Å². The summed E-state index contributed by atoms with van der Waals surface area (Å²) in [5.41, 5.74) is 7.64. The van der Waals surface area contributed by atoms with Crippen LogP contribution in [-0.4, -0.2) is 35.9 Å². The molecule has 1 saturated heterocycles. The first-order valence-corrected chi connectivity index (χ1v) is 8.98. The second-order valence-corrected chi connectivity index (χ2v) is 6.56. The summed E-state index contributed by atoms with van der Waals surface area (Å²) < 4.78 is 5.81. The first-order valence-electron chi connectivity index (χ1n) is 8.98. The third kappa shape index (κ3) is 4.42. The van der Waals surface area contributed by atoms with E-state index >= 15 is 0 Å². The molecule has 136 valence electrons. The van der Waals surface area contributed by atoms with Gasteiger partial charge in [-0.3, -0.25) is 9.59 Å². The van der Waals surface area contributed by atoms with Gasteiger partial charge in [0.05, 0.1) is 0 Å². The van der Waals surface area contributed by atoms with E-state index in [0.29, 0.717) is 18.7 Å². The molecule has 5 heteroatoms. The lowest BCUT2D eigenvalue weighted by Crippen LogP contribution is -2.51. The number of amides is 2. The van der Waals surface area contributed by atoms with Crippen LogP contribution in [0, 0.1) is 0 Å². The van der Waals surface area contributed by atoms with Crippen molar-refractivity contribution < 1.29 is 14.3 Å². The Morgan fingerprint density at radius 2 is 1.77 bits per heavy atom. The minimum absolute atomic E-state index is 0.0877. The number of hydrogen-bond donors (Lipinski definition) is 1. The van der Waals surface area contributed by atoms with Crippen molar-refractivity contribution in [1.82, 2.24) is 4.90 Å². The summed E-state index contributed by atoms with van der Waals surface area (Å²) in [6, 6.07) is 17.3. The second kappa shape index (κ2) is 8.52. The Hall–Kier alpha value is -2.82. The van der Waals surface area contributed by atoms with Crippen molar-refractivity contribution >= 4 is 11.8 Å². The zero-order chi connectivity index (χ0) is 18.4. The van der Waals surface area contributed by atoms with Crippen molar-refractivity contribution in [3.63, 3.8) is 0 Å². The van der Waals surface area contributed by atoms with Gasteiger partial charge in [-0.15, -0.1) is 0 Å². The van der Waals surface area contributed by atoms with Gasteiger partial charge >= 0.3 is 0 Å². The second-order valence-electron chi connectivity index (χ2n) is 6.56. The van der Waals surface area contributed by atoms with Gasteiger partial charge in [0.25, 0.3) is 5.91 Å². The van der Waals surface area contributed by atoms with Gasteiger partial charge in [0.1, 0.15) is 11.8 Å². The number of nitrogens with two attached hydrogens (primary N) is 1. The van der Waals surface area contributed by atoms with Gasteiger partial charge in [0.2, 0.25) is 5.91 Å². The van der Waals surface area contributed by atoms with Crippen LogP contribution in [0.15, 0.2) is 54.6 Å². The number of piperidine rings is 1. The predicted molar refractivity (Wildman–Crippen MR) is 99.7 cm³/mol. The Morgan fingerprint density at radius 3 is 2.54 bits per heavy atom. The molecule has 1 aliphatic heterocycles. The number of rotatable bonds is 6. The molecular weight excluding hydrogens is 328 g/mol. The number of hydrogen-bond acceptors (Lipinski definition) is 3. The molecular formula is C21H24N2O3. The Labute approximate surface area is 153 Å². The van der Waals surface area contributed by atoms with Gasteiger partial charge < -0.3 is 15.4 Å². The minimum Gasteiger partial charge on any atom is -0.483 e. The molecule has 0 unspecified atom stereocenters. The van der Waals surface area contributed by atoms with Gasteiger partial charge in [-0.1, -0.05) is 48.5 Å². The topological polar surface area (TPSA) is 72.6 Å². The van der Waals surface area contributed by atoms with Crippen molar-refractivity contribution in [2.75, 3.05) is 13.2 Å². The summed E-state index contributed by atoms with van der Waals surface area (Å²) in [4.78, 5) is 25.7. The highest BCUT2D eigenvalue weighted by molar-refractivity contribution is 5.87. The molecule has 0 radical (unpaired) electrons. The predicted octanol–water partition coefficient (Wildman–Crippen LogP) is 2.52. The summed E-state index contributed by atoms with van der Waals surface area (Å²) in [7, 11) is 0. The molecule has 1 fully saturated rings. The molecule has 1 atom stereocenters. The van der Waals surface area contributed by atoms with Crippen LogP contribution in [0.25, 0.3) is 0 Å². The van der Waals surface area contributed by atoms with E-state index in [2.05, 4.69) is 12.1 Å². The van der Waals surface area contributed by atoms with Gasteiger partial charge in [0, 0.05) is 13.0 Å². The number of ether oxygens (including phenoxy) is 1. The molecule has 0 saturated carbocycles. The standard InChI is InChI=1S/C21H24N2O3/c22-21(25)18-11-6-7-13-23(18)20(24)15-26-19-12-5-4-10-17(19)14-16-8-2-1-3-9-16/h1-5,8-10,12,18H,6-7,11,13-15H2,(H2,22,25)/t18-/m0/s1. The van der Waals surface area contributed by atoms with Crippen LogP contribution in [0.2, 0.25) is 0 Å². The average molecular weight is 352 g/mol. The Kier molecular flexibility index (Phi) is 5.89. The van der Waals surface area contributed by atoms with Crippen LogP contribution in [0.5, 0.6) is 5.75 Å². The number of nitrogens with zero attached hydrogens (tertiary/aromatic N) is 1. The van der Waals surface area contributed by atoms with Crippen molar-refractivity contribution in [3.05, 3.63) is 65.7 Å². The molecule has 0 spiro atoms. The van der Waals surface area contributed by atoms with Crippen LogP contribution in [0.1, 0.15) is 30.4 Å². The zero-order valence-corrected chi connectivity index (χ0v) is 14.8. The van der Waals surface area contributed by atoms with Gasteiger partial charge in [-0.2, -0.15) is 0 Å². The molecule has 0 aliphatic carbocycles. The highest BCUT2D eigenvalue weighted by atomic mass is 16.5. The molecule has 1 heterocycles. The summed E-state index contributed by atoms with van der Waals surface area (Å²) in [6.45, 7) is 0.469. The number of primary amides is 1. The van der Waals surface area contributed by atoms with E-state index < -0.39 is 11.9 Å². The van der Waals surface area contributed by atoms with Crippen LogP contribution in [-0.2, 0) is 16.0 Å². The zero-order valence-electron chi connectivity index (χ0n) is 14.8. The van der Waals surface area contributed by atoms with E-state index in [4.69, 9.17) is 10.5 Å². The lowest BCUT2D eigenvalue weighted by atomic mass is 10.0. The molecule has 2 aromatic carbocycles. The number of carbonyl (C=O) groups excluding carboxylic acids is 2. The maximum absolute atomic E-state index is 12.5. The third-order valence-electron chi connectivity index (χ3n) is 4.71. The summed E-state index contributed by atoms with van der Waals surface area (Å²) in [5.74, 6) is 0.0582. The maximum atomic E-state index is 12.5.